The quantitative estimate of drug-likeness (QED) is 0.466. The van der Waals surface area contributed by atoms with Gasteiger partial charge in [0.15, 0.2) is 0 Å². The number of unbranched alkanes of at least 4 members (excludes halogenated alkanes) is 3. The second-order valence-corrected chi connectivity index (χ2v) is 6.94. The van der Waals surface area contributed by atoms with Crippen molar-refractivity contribution in [1.82, 2.24) is 10.2 Å². The molecule has 2 unspecified atom stereocenters. The van der Waals surface area contributed by atoms with Crippen LogP contribution in [0.3, 0.4) is 0 Å². The summed E-state index contributed by atoms with van der Waals surface area (Å²) < 4.78 is 5.26. The molecule has 2 amide bonds. The maximum atomic E-state index is 12.0. The number of amides is 2. The van der Waals surface area contributed by atoms with Crippen LogP contribution in [0.2, 0.25) is 0 Å². The van der Waals surface area contributed by atoms with Gasteiger partial charge in [0.2, 0.25) is 0 Å². The van der Waals surface area contributed by atoms with Crippen LogP contribution in [0.1, 0.15) is 57.1 Å². The molecule has 1 saturated heterocycles. The van der Waals surface area contributed by atoms with Gasteiger partial charge in [0.25, 0.3) is 0 Å². The second-order valence-electron chi connectivity index (χ2n) is 6.94. The first-order valence-corrected chi connectivity index (χ1v) is 9.53. The lowest BCUT2D eigenvalue weighted by atomic mass is 10.0. The topological polar surface area (TPSA) is 103 Å². The van der Waals surface area contributed by atoms with Crippen LogP contribution >= 0.6 is 0 Å². The summed E-state index contributed by atoms with van der Waals surface area (Å²) in [5, 5.41) is 21.7. The fourth-order valence-electron chi connectivity index (χ4n) is 3.33. The number of carboxylic acid groups (broad SMARTS) is 1. The molecule has 1 aliphatic heterocycles. The van der Waals surface area contributed by atoms with E-state index < -0.39 is 12.1 Å². The number of hydrogen-bond donors (Lipinski definition) is 3. The normalized spacial score (nSPS) is 18.1. The van der Waals surface area contributed by atoms with E-state index in [9.17, 15) is 14.7 Å². The molecule has 0 saturated carbocycles. The molecule has 2 rings (SSSR count). The van der Waals surface area contributed by atoms with Crippen molar-refractivity contribution in [3.05, 3.63) is 24.2 Å². The van der Waals surface area contributed by atoms with Crippen molar-refractivity contribution in [2.75, 3.05) is 13.1 Å². The monoisotopic (exact) mass is 366 g/mol. The first-order valence-electron chi connectivity index (χ1n) is 9.53. The van der Waals surface area contributed by atoms with Crippen LogP contribution < -0.4 is 5.32 Å². The van der Waals surface area contributed by atoms with Gasteiger partial charge in [-0.3, -0.25) is 4.79 Å². The number of hydrogen-bond acceptors (Lipinski definition) is 4. The molecule has 7 heteroatoms. The Morgan fingerprint density at radius 3 is 2.85 bits per heavy atom. The fraction of sp³-hybridized carbons (Fsp3) is 0.684. The molecule has 0 bridgehead atoms. The standard InChI is InChI=1S/C19H30N2O5/c22-16(9-10-17-7-5-13-26-17)11-12-21-15(14-20-19(21)25)6-3-1-2-4-8-18(23)24/h5,7,13,15-16,22H,1-4,6,8-12,14H2,(H,20,25)(H,23,24). The van der Waals surface area contributed by atoms with Crippen molar-refractivity contribution in [3.8, 4) is 0 Å². The number of carboxylic acids is 1. The fourth-order valence-corrected chi connectivity index (χ4v) is 3.33. The molecule has 0 spiro atoms. The third-order valence-electron chi connectivity index (χ3n) is 4.88. The number of urea groups is 1. The van der Waals surface area contributed by atoms with Crippen LogP contribution in [-0.4, -0.2) is 52.3 Å². The highest BCUT2D eigenvalue weighted by Crippen LogP contribution is 2.17. The number of furan rings is 1. The van der Waals surface area contributed by atoms with Crippen molar-refractivity contribution in [3.63, 3.8) is 0 Å². The van der Waals surface area contributed by atoms with E-state index in [1.165, 1.54) is 0 Å². The summed E-state index contributed by atoms with van der Waals surface area (Å²) in [6.07, 6.45) is 7.77. The van der Waals surface area contributed by atoms with Crippen LogP contribution in [0.5, 0.6) is 0 Å². The second kappa shape index (κ2) is 10.9. The Hall–Kier alpha value is -2.02. The first-order chi connectivity index (χ1) is 12.6. The molecule has 2 atom stereocenters. The Kier molecular flexibility index (Phi) is 8.47. The van der Waals surface area contributed by atoms with Crippen LogP contribution in [0.15, 0.2) is 22.8 Å². The number of aryl methyl sites for hydroxylation is 1. The van der Waals surface area contributed by atoms with E-state index in [0.29, 0.717) is 38.8 Å². The van der Waals surface area contributed by atoms with E-state index in [1.54, 1.807) is 6.26 Å². The average molecular weight is 366 g/mol. The average Bonchev–Trinajstić information content (AvgIpc) is 3.24. The third-order valence-corrected chi connectivity index (χ3v) is 4.88. The Morgan fingerprint density at radius 2 is 2.12 bits per heavy atom. The zero-order valence-electron chi connectivity index (χ0n) is 15.2. The molecule has 1 aliphatic rings. The van der Waals surface area contributed by atoms with Gasteiger partial charge in [-0.1, -0.05) is 19.3 Å². The molecular weight excluding hydrogens is 336 g/mol. The maximum Gasteiger partial charge on any atom is 0.317 e. The molecule has 7 nitrogen and oxygen atoms in total. The van der Waals surface area contributed by atoms with E-state index in [2.05, 4.69) is 5.32 Å². The highest BCUT2D eigenvalue weighted by molar-refractivity contribution is 5.76. The lowest BCUT2D eigenvalue weighted by Crippen LogP contribution is -2.36. The van der Waals surface area contributed by atoms with Crippen molar-refractivity contribution >= 4 is 12.0 Å². The van der Waals surface area contributed by atoms with Gasteiger partial charge in [-0.25, -0.2) is 4.79 Å². The van der Waals surface area contributed by atoms with Gasteiger partial charge in [-0.15, -0.1) is 0 Å². The van der Waals surface area contributed by atoms with Gasteiger partial charge in [-0.05, 0) is 37.8 Å². The van der Waals surface area contributed by atoms with E-state index in [-0.39, 0.29) is 18.5 Å². The molecule has 146 valence electrons. The van der Waals surface area contributed by atoms with E-state index >= 15 is 0 Å². The lowest BCUT2D eigenvalue weighted by Gasteiger charge is -2.24. The van der Waals surface area contributed by atoms with Gasteiger partial charge in [0.1, 0.15) is 5.76 Å². The van der Waals surface area contributed by atoms with Gasteiger partial charge in [0, 0.05) is 25.9 Å². The molecule has 0 aliphatic carbocycles. The Labute approximate surface area is 154 Å². The summed E-state index contributed by atoms with van der Waals surface area (Å²) in [4.78, 5) is 24.3. The van der Waals surface area contributed by atoms with Gasteiger partial charge >= 0.3 is 12.0 Å². The maximum absolute atomic E-state index is 12.0. The first kappa shape index (κ1) is 20.3. The Bertz CT molecular complexity index is 546. The number of rotatable bonds is 13. The summed E-state index contributed by atoms with van der Waals surface area (Å²) in [5.41, 5.74) is 0. The molecule has 0 aromatic carbocycles. The SMILES string of the molecule is O=C(O)CCCCCCC1CNC(=O)N1CCC(O)CCc1ccco1. The molecule has 3 N–H and O–H groups in total. The zero-order valence-corrected chi connectivity index (χ0v) is 15.2. The summed E-state index contributed by atoms with van der Waals surface area (Å²) in [5.74, 6) is 0.121. The summed E-state index contributed by atoms with van der Waals surface area (Å²) in [6.45, 7) is 1.20. The highest BCUT2D eigenvalue weighted by atomic mass is 16.4. The number of aliphatic carboxylic acids is 1. The number of carbonyl (C=O) groups excluding carboxylic acids is 1. The zero-order chi connectivity index (χ0) is 18.8. The highest BCUT2D eigenvalue weighted by Gasteiger charge is 2.30. The number of nitrogens with zero attached hydrogens (tertiary/aromatic N) is 1. The summed E-state index contributed by atoms with van der Waals surface area (Å²) >= 11 is 0. The largest absolute Gasteiger partial charge is 0.481 e. The van der Waals surface area contributed by atoms with Crippen LogP contribution in [-0.2, 0) is 11.2 Å². The van der Waals surface area contributed by atoms with E-state index in [1.807, 2.05) is 17.0 Å². The Morgan fingerprint density at radius 1 is 1.31 bits per heavy atom. The molecule has 1 fully saturated rings. The summed E-state index contributed by atoms with van der Waals surface area (Å²) in [7, 11) is 0. The van der Waals surface area contributed by atoms with Crippen LogP contribution in [0, 0.1) is 0 Å². The minimum Gasteiger partial charge on any atom is -0.481 e. The minimum atomic E-state index is -0.743. The van der Waals surface area contributed by atoms with Crippen LogP contribution in [0.25, 0.3) is 0 Å². The van der Waals surface area contributed by atoms with Gasteiger partial charge in [0.05, 0.1) is 18.4 Å². The number of aliphatic hydroxyl groups excluding tert-OH is 1. The van der Waals surface area contributed by atoms with Crippen molar-refractivity contribution in [2.24, 2.45) is 0 Å². The van der Waals surface area contributed by atoms with Gasteiger partial charge in [-0.2, -0.15) is 0 Å². The molecule has 1 aromatic rings. The van der Waals surface area contributed by atoms with Crippen molar-refractivity contribution < 1.29 is 24.2 Å². The summed E-state index contributed by atoms with van der Waals surface area (Å²) in [6, 6.07) is 3.84. The third kappa shape index (κ3) is 7.07. The van der Waals surface area contributed by atoms with Crippen LogP contribution in [0.4, 0.5) is 4.79 Å². The molecule has 26 heavy (non-hydrogen) atoms. The number of nitrogens with one attached hydrogen (secondary N) is 1. The van der Waals surface area contributed by atoms with Crippen molar-refractivity contribution in [1.29, 1.82) is 0 Å². The predicted octanol–water partition coefficient (Wildman–Crippen LogP) is 2.78. The predicted molar refractivity (Wildman–Crippen MR) is 96.9 cm³/mol. The molecule has 0 radical (unpaired) electrons. The van der Waals surface area contributed by atoms with Gasteiger partial charge < -0.3 is 24.8 Å². The lowest BCUT2D eigenvalue weighted by molar-refractivity contribution is -0.137. The Balaban J connectivity index is 1.62. The van der Waals surface area contributed by atoms with E-state index in [0.717, 1.165) is 31.4 Å². The smallest absolute Gasteiger partial charge is 0.317 e. The molecule has 1 aromatic heterocycles. The minimum absolute atomic E-state index is 0.0564. The number of aliphatic hydroxyl groups is 1. The molecular formula is C19H30N2O5. The van der Waals surface area contributed by atoms with Crippen molar-refractivity contribution in [2.45, 2.75) is 69.9 Å². The number of carbonyl (C=O) groups is 2. The van der Waals surface area contributed by atoms with E-state index in [4.69, 9.17) is 9.52 Å². The molecule has 2 heterocycles.